The molecule has 0 rings (SSSR count). The molecule has 0 saturated carbocycles. The summed E-state index contributed by atoms with van der Waals surface area (Å²) in [4.78, 5) is 0. The Hall–Kier alpha value is 1.36. The van der Waals surface area contributed by atoms with Gasteiger partial charge in [-0.1, -0.05) is 0 Å². The van der Waals surface area contributed by atoms with Gasteiger partial charge in [0.1, 0.15) is 0 Å². The van der Waals surface area contributed by atoms with Crippen molar-refractivity contribution in [3.05, 3.63) is 13.1 Å². The maximum atomic E-state index is 6.25. The molecule has 0 aliphatic carbocycles. The minimum atomic E-state index is 0. The van der Waals surface area contributed by atoms with Crippen molar-refractivity contribution in [3.8, 4) is 0 Å². The van der Waals surface area contributed by atoms with E-state index in [4.69, 9.17) is 23.7 Å². The van der Waals surface area contributed by atoms with E-state index in [9.17, 15) is 0 Å². The van der Waals surface area contributed by atoms with Gasteiger partial charge in [-0.05, 0) is 0 Å². The minimum absolute atomic E-state index is 0. The van der Waals surface area contributed by atoms with Crippen LogP contribution in [0.5, 0.6) is 0 Å². The summed E-state index contributed by atoms with van der Waals surface area (Å²) >= 11 is 0. The number of rotatable bonds is 0. The summed E-state index contributed by atoms with van der Waals surface area (Å²) in [6.45, 7) is 9.50. The zero-order valence-corrected chi connectivity index (χ0v) is 8.49. The maximum absolute atomic E-state index is 6.25. The summed E-state index contributed by atoms with van der Waals surface area (Å²) < 4.78 is 0. The Morgan fingerprint density at radius 1 is 0.833 bits per heavy atom. The predicted octanol–water partition coefficient (Wildman–Crippen LogP) is -2.81. The topological polar surface area (TPSA) is 47.6 Å². The van der Waals surface area contributed by atoms with Crippen LogP contribution in [0.2, 0.25) is 0 Å². The van der Waals surface area contributed by atoms with Crippen LogP contribution in [0.3, 0.4) is 0 Å². The Kier molecular flexibility index (Phi) is 436. The van der Waals surface area contributed by atoms with E-state index in [0.29, 0.717) is 0 Å². The third kappa shape index (κ3) is 55.2. The van der Waals surface area contributed by atoms with Gasteiger partial charge in [0.2, 0.25) is 0 Å². The number of nitrogens with zero attached hydrogens (tertiary/aromatic N) is 2. The summed E-state index contributed by atoms with van der Waals surface area (Å²) in [6, 6.07) is 0. The van der Waals surface area contributed by atoms with Gasteiger partial charge < -0.3 is 23.7 Å². The molecule has 6 heavy (non-hydrogen) atoms. The molecule has 0 aromatic carbocycles. The molecule has 0 fully saturated rings. The molecule has 0 atom stereocenters. The molecule has 0 aromatic rings. The van der Waals surface area contributed by atoms with Crippen LogP contribution in [0.4, 0.5) is 0 Å². The van der Waals surface area contributed by atoms with Crippen molar-refractivity contribution in [2.45, 2.75) is 0 Å². The summed E-state index contributed by atoms with van der Waals surface area (Å²) in [5.41, 5.74) is 0. The standard InChI is InChI=1S/2CN.Au.K/c2*1-2;;/q2*-1;+3;+1. The molecule has 0 unspecified atom stereocenters. The molecule has 0 radical (unpaired) electrons. The van der Waals surface area contributed by atoms with E-state index < -0.39 is 0 Å². The summed E-state index contributed by atoms with van der Waals surface area (Å²) in [7, 11) is 0. The van der Waals surface area contributed by atoms with Gasteiger partial charge in [0.15, 0.2) is 0 Å². The summed E-state index contributed by atoms with van der Waals surface area (Å²) in [5.74, 6) is 0. The van der Waals surface area contributed by atoms with E-state index in [1.807, 2.05) is 0 Å². The molecule has 0 amide bonds. The van der Waals surface area contributed by atoms with Gasteiger partial charge in [-0.3, -0.25) is 0 Å². The van der Waals surface area contributed by atoms with Crippen LogP contribution in [0, 0.1) is 23.7 Å². The Morgan fingerprint density at radius 3 is 0.833 bits per heavy atom. The molecule has 0 N–H and O–H groups in total. The predicted molar refractivity (Wildman–Crippen MR) is 9.94 cm³/mol. The fraction of sp³-hybridized carbons (Fsp3) is 0. The summed E-state index contributed by atoms with van der Waals surface area (Å²) in [6.07, 6.45) is 0. The van der Waals surface area contributed by atoms with Crippen molar-refractivity contribution in [2.24, 2.45) is 0 Å². The molecular weight excluding hydrogens is 288 g/mol. The average Bonchev–Trinajstić information content (AvgIpc) is 1.50. The Bertz CT molecular complexity index is 27.0. The Labute approximate surface area is 95.5 Å². The third-order valence-electron chi connectivity index (χ3n) is 0. The average molecular weight is 288 g/mol. The van der Waals surface area contributed by atoms with Crippen molar-refractivity contribution in [1.29, 1.82) is 10.5 Å². The molecule has 0 aromatic heterocycles. The van der Waals surface area contributed by atoms with Crippen LogP contribution >= 0.6 is 0 Å². The second-order valence-electron chi connectivity index (χ2n) is 0. The monoisotopic (exact) mass is 288 g/mol. The van der Waals surface area contributed by atoms with Gasteiger partial charge in [-0.25, -0.2) is 0 Å². The first kappa shape index (κ1) is 26.4. The van der Waals surface area contributed by atoms with Crippen LogP contribution in [-0.4, -0.2) is 0 Å². The Morgan fingerprint density at radius 2 is 0.833 bits per heavy atom. The first-order chi connectivity index (χ1) is 2.00. The largest absolute Gasteiger partial charge is 3.00 e. The fourth-order valence-electron chi connectivity index (χ4n) is 0. The van der Waals surface area contributed by atoms with Crippen LogP contribution in [-0.2, 0) is 22.4 Å². The summed E-state index contributed by atoms with van der Waals surface area (Å²) in [5, 5.41) is 12.5. The Balaban J connectivity index is -0.00000000500. The molecule has 28 valence electrons. The van der Waals surface area contributed by atoms with Crippen molar-refractivity contribution < 1.29 is 73.8 Å². The molecular formula is C2AuKN2+2. The molecule has 4 heteroatoms. The zero-order chi connectivity index (χ0) is 4.00. The van der Waals surface area contributed by atoms with Gasteiger partial charge in [-0.15, -0.1) is 0 Å². The first-order valence-corrected chi connectivity index (χ1v) is 0.447. The van der Waals surface area contributed by atoms with Gasteiger partial charge in [-0.2, -0.15) is 0 Å². The van der Waals surface area contributed by atoms with Crippen molar-refractivity contribution in [1.82, 2.24) is 0 Å². The third-order valence-corrected chi connectivity index (χ3v) is 0. The maximum Gasteiger partial charge on any atom is 3.00 e. The normalized spacial score (nSPS) is 0.667. The van der Waals surface area contributed by atoms with Crippen molar-refractivity contribution in [3.63, 3.8) is 0 Å². The first-order valence-electron chi connectivity index (χ1n) is 0.447. The van der Waals surface area contributed by atoms with Gasteiger partial charge >= 0.3 is 73.8 Å². The van der Waals surface area contributed by atoms with Crippen LogP contribution in [0.15, 0.2) is 0 Å². The molecule has 2 nitrogen and oxygen atoms in total. The van der Waals surface area contributed by atoms with Gasteiger partial charge in [0, 0.05) is 0 Å². The van der Waals surface area contributed by atoms with E-state index in [-0.39, 0.29) is 73.8 Å². The zero-order valence-electron chi connectivity index (χ0n) is 3.20. The minimum Gasteiger partial charge on any atom is -0.512 e. The number of hydrogen-bond donors (Lipinski definition) is 0. The van der Waals surface area contributed by atoms with Crippen LogP contribution in [0.25, 0.3) is 0 Å². The number of hydrogen-bond acceptors (Lipinski definition) is 2. The van der Waals surface area contributed by atoms with E-state index in [0.717, 1.165) is 0 Å². The molecule has 0 bridgehead atoms. The molecule has 0 heterocycles. The van der Waals surface area contributed by atoms with E-state index in [1.54, 1.807) is 0 Å². The molecule has 0 spiro atoms. The molecule has 0 aliphatic heterocycles. The van der Waals surface area contributed by atoms with Crippen LogP contribution < -0.4 is 51.4 Å². The van der Waals surface area contributed by atoms with Crippen molar-refractivity contribution >= 4 is 0 Å². The molecule has 0 aliphatic rings. The van der Waals surface area contributed by atoms with E-state index in [1.165, 1.54) is 0 Å². The fourth-order valence-corrected chi connectivity index (χ4v) is 0. The van der Waals surface area contributed by atoms with Crippen LogP contribution in [0.1, 0.15) is 0 Å². The second-order valence-corrected chi connectivity index (χ2v) is 0. The van der Waals surface area contributed by atoms with Gasteiger partial charge in [0.05, 0.1) is 0 Å². The van der Waals surface area contributed by atoms with Crippen molar-refractivity contribution in [2.75, 3.05) is 0 Å². The second kappa shape index (κ2) is 99.1. The van der Waals surface area contributed by atoms with Gasteiger partial charge in [0.25, 0.3) is 0 Å². The van der Waals surface area contributed by atoms with E-state index >= 15 is 0 Å². The SMILES string of the molecule is [Au+3].[C-]#N.[C-]#N.[K+]. The molecule has 0 saturated heterocycles. The van der Waals surface area contributed by atoms with E-state index in [2.05, 4.69) is 0 Å². The quantitative estimate of drug-likeness (QED) is 0.357. The smallest absolute Gasteiger partial charge is 0.512 e.